The Bertz CT molecular complexity index is 427. The number of benzene rings is 1. The summed E-state index contributed by atoms with van der Waals surface area (Å²) in [5.74, 6) is 0.738. The van der Waals surface area contributed by atoms with E-state index in [-0.39, 0.29) is 5.91 Å². The maximum Gasteiger partial charge on any atom is 0.244 e. The molecule has 0 aromatic heterocycles. The van der Waals surface area contributed by atoms with Crippen LogP contribution in [0.4, 0.5) is 0 Å². The Labute approximate surface area is 115 Å². The SMILES string of the molecule is CCCC1CCN(C(=O)C(N)c2ccc(C)cc2)C1. The lowest BCUT2D eigenvalue weighted by Gasteiger charge is -2.21. The summed E-state index contributed by atoms with van der Waals surface area (Å²) < 4.78 is 0. The molecule has 2 unspecified atom stereocenters. The molecule has 1 heterocycles. The fraction of sp³-hybridized carbons (Fsp3) is 0.562. The second-order valence-corrected chi connectivity index (χ2v) is 5.62. The van der Waals surface area contributed by atoms with Gasteiger partial charge in [0, 0.05) is 13.1 Å². The molecule has 1 amide bonds. The zero-order chi connectivity index (χ0) is 13.8. The molecule has 0 radical (unpaired) electrons. The van der Waals surface area contributed by atoms with E-state index in [2.05, 4.69) is 6.92 Å². The van der Waals surface area contributed by atoms with Crippen molar-refractivity contribution in [1.29, 1.82) is 0 Å². The molecule has 1 aliphatic rings. The first kappa shape index (κ1) is 14.1. The second-order valence-electron chi connectivity index (χ2n) is 5.62. The van der Waals surface area contributed by atoms with Crippen molar-refractivity contribution in [3.63, 3.8) is 0 Å². The lowest BCUT2D eigenvalue weighted by atomic mass is 10.0. The lowest BCUT2D eigenvalue weighted by Crippen LogP contribution is -2.37. The number of likely N-dealkylation sites (tertiary alicyclic amines) is 1. The average molecular weight is 260 g/mol. The number of hydrogen-bond acceptors (Lipinski definition) is 2. The fourth-order valence-corrected chi connectivity index (χ4v) is 2.79. The minimum absolute atomic E-state index is 0.0717. The van der Waals surface area contributed by atoms with Gasteiger partial charge in [-0.3, -0.25) is 4.79 Å². The van der Waals surface area contributed by atoms with Crippen molar-refractivity contribution < 1.29 is 4.79 Å². The summed E-state index contributed by atoms with van der Waals surface area (Å²) in [5.41, 5.74) is 8.20. The molecule has 0 bridgehead atoms. The third-order valence-electron chi connectivity index (χ3n) is 4.00. The van der Waals surface area contributed by atoms with Crippen molar-refractivity contribution >= 4 is 5.91 Å². The highest BCUT2D eigenvalue weighted by Gasteiger charge is 2.29. The summed E-state index contributed by atoms with van der Waals surface area (Å²) >= 11 is 0. The van der Waals surface area contributed by atoms with Crippen LogP contribution in [0.25, 0.3) is 0 Å². The molecule has 3 nitrogen and oxygen atoms in total. The van der Waals surface area contributed by atoms with Gasteiger partial charge in [-0.15, -0.1) is 0 Å². The number of nitrogens with zero attached hydrogens (tertiary/aromatic N) is 1. The second kappa shape index (κ2) is 6.20. The molecule has 3 heteroatoms. The molecule has 19 heavy (non-hydrogen) atoms. The van der Waals surface area contributed by atoms with Gasteiger partial charge in [-0.05, 0) is 31.2 Å². The van der Waals surface area contributed by atoms with Crippen LogP contribution >= 0.6 is 0 Å². The number of carbonyl (C=O) groups excluding carboxylic acids is 1. The molecule has 2 N–H and O–H groups in total. The Kier molecular flexibility index (Phi) is 4.59. The van der Waals surface area contributed by atoms with E-state index in [1.165, 1.54) is 18.4 Å². The van der Waals surface area contributed by atoms with Crippen LogP contribution in [-0.4, -0.2) is 23.9 Å². The highest BCUT2D eigenvalue weighted by atomic mass is 16.2. The van der Waals surface area contributed by atoms with Gasteiger partial charge in [0.2, 0.25) is 5.91 Å². The third-order valence-corrected chi connectivity index (χ3v) is 4.00. The first-order valence-electron chi connectivity index (χ1n) is 7.22. The monoisotopic (exact) mass is 260 g/mol. The highest BCUT2D eigenvalue weighted by Crippen LogP contribution is 2.24. The number of aryl methyl sites for hydroxylation is 1. The largest absolute Gasteiger partial charge is 0.341 e. The normalized spacial score (nSPS) is 20.6. The van der Waals surface area contributed by atoms with Crippen molar-refractivity contribution in [2.75, 3.05) is 13.1 Å². The Morgan fingerprint density at radius 3 is 2.74 bits per heavy atom. The van der Waals surface area contributed by atoms with Gasteiger partial charge >= 0.3 is 0 Å². The molecule has 1 aromatic carbocycles. The molecule has 0 saturated carbocycles. The molecule has 104 valence electrons. The number of rotatable bonds is 4. The first-order valence-corrected chi connectivity index (χ1v) is 7.22. The van der Waals surface area contributed by atoms with E-state index >= 15 is 0 Å². The zero-order valence-corrected chi connectivity index (χ0v) is 11.9. The van der Waals surface area contributed by atoms with Gasteiger partial charge in [-0.25, -0.2) is 0 Å². The quantitative estimate of drug-likeness (QED) is 0.904. The minimum Gasteiger partial charge on any atom is -0.341 e. The van der Waals surface area contributed by atoms with Gasteiger partial charge in [0.15, 0.2) is 0 Å². The van der Waals surface area contributed by atoms with Crippen molar-refractivity contribution in [2.45, 2.75) is 39.2 Å². The van der Waals surface area contributed by atoms with Gasteiger partial charge < -0.3 is 10.6 Å². The van der Waals surface area contributed by atoms with E-state index in [0.717, 1.165) is 25.1 Å². The molecule has 1 aromatic rings. The molecule has 0 aliphatic carbocycles. The predicted molar refractivity (Wildman–Crippen MR) is 77.7 cm³/mol. The van der Waals surface area contributed by atoms with E-state index in [4.69, 9.17) is 5.73 Å². The molecular weight excluding hydrogens is 236 g/mol. The Hall–Kier alpha value is -1.35. The predicted octanol–water partition coefficient (Wildman–Crippen LogP) is 2.64. The van der Waals surface area contributed by atoms with Gasteiger partial charge in [-0.2, -0.15) is 0 Å². The number of nitrogens with two attached hydrogens (primary N) is 1. The van der Waals surface area contributed by atoms with E-state index in [9.17, 15) is 4.79 Å². The van der Waals surface area contributed by atoms with Crippen LogP contribution in [0.15, 0.2) is 24.3 Å². The van der Waals surface area contributed by atoms with Crippen molar-refractivity contribution in [3.8, 4) is 0 Å². The van der Waals surface area contributed by atoms with Crippen LogP contribution in [0.1, 0.15) is 43.4 Å². The van der Waals surface area contributed by atoms with Gasteiger partial charge in [0.25, 0.3) is 0 Å². The van der Waals surface area contributed by atoms with E-state index in [0.29, 0.717) is 5.92 Å². The summed E-state index contributed by atoms with van der Waals surface area (Å²) in [7, 11) is 0. The number of hydrogen-bond donors (Lipinski definition) is 1. The lowest BCUT2D eigenvalue weighted by molar-refractivity contribution is -0.131. The molecular formula is C16H24N2O. The molecule has 1 saturated heterocycles. The molecule has 1 fully saturated rings. The molecule has 1 aliphatic heterocycles. The standard InChI is InChI=1S/C16H24N2O/c1-3-4-13-9-10-18(11-13)16(19)15(17)14-7-5-12(2)6-8-14/h5-8,13,15H,3-4,9-11,17H2,1-2H3. The zero-order valence-electron chi connectivity index (χ0n) is 11.9. The van der Waals surface area contributed by atoms with E-state index in [1.54, 1.807) is 0 Å². The van der Waals surface area contributed by atoms with Crippen molar-refractivity contribution in [1.82, 2.24) is 4.90 Å². The third kappa shape index (κ3) is 3.35. The first-order chi connectivity index (χ1) is 9.11. The van der Waals surface area contributed by atoms with Gasteiger partial charge in [0.05, 0.1) is 0 Å². The Morgan fingerprint density at radius 1 is 1.42 bits per heavy atom. The van der Waals surface area contributed by atoms with Gasteiger partial charge in [0.1, 0.15) is 6.04 Å². The summed E-state index contributed by atoms with van der Waals surface area (Å²) in [6.45, 7) is 5.98. The molecule has 2 rings (SSSR count). The summed E-state index contributed by atoms with van der Waals surface area (Å²) in [6.07, 6.45) is 3.53. The summed E-state index contributed by atoms with van der Waals surface area (Å²) in [5, 5.41) is 0. The Balaban J connectivity index is 1.98. The van der Waals surface area contributed by atoms with Crippen LogP contribution in [0.5, 0.6) is 0 Å². The maximum absolute atomic E-state index is 12.4. The van der Waals surface area contributed by atoms with Crippen molar-refractivity contribution in [3.05, 3.63) is 35.4 Å². The molecule has 2 atom stereocenters. The maximum atomic E-state index is 12.4. The van der Waals surface area contributed by atoms with Crippen LogP contribution in [0.3, 0.4) is 0 Å². The smallest absolute Gasteiger partial charge is 0.244 e. The minimum atomic E-state index is -0.513. The number of carbonyl (C=O) groups is 1. The van der Waals surface area contributed by atoms with Crippen LogP contribution in [-0.2, 0) is 4.79 Å². The van der Waals surface area contributed by atoms with Gasteiger partial charge in [-0.1, -0.05) is 43.2 Å². The van der Waals surface area contributed by atoms with Crippen molar-refractivity contribution in [2.24, 2.45) is 11.7 Å². The summed E-state index contributed by atoms with van der Waals surface area (Å²) in [4.78, 5) is 14.3. The van der Waals surface area contributed by atoms with Crippen LogP contribution in [0.2, 0.25) is 0 Å². The average Bonchev–Trinajstić information content (AvgIpc) is 2.87. The van der Waals surface area contributed by atoms with Crippen LogP contribution in [0, 0.1) is 12.8 Å². The topological polar surface area (TPSA) is 46.3 Å². The highest BCUT2D eigenvalue weighted by molar-refractivity contribution is 5.83. The number of amides is 1. The van der Waals surface area contributed by atoms with Crippen LogP contribution < -0.4 is 5.73 Å². The fourth-order valence-electron chi connectivity index (χ4n) is 2.79. The summed E-state index contributed by atoms with van der Waals surface area (Å²) in [6, 6.07) is 7.41. The van der Waals surface area contributed by atoms with E-state index < -0.39 is 6.04 Å². The molecule has 0 spiro atoms. The Morgan fingerprint density at radius 2 is 2.11 bits per heavy atom. The van der Waals surface area contributed by atoms with E-state index in [1.807, 2.05) is 36.1 Å².